The maximum atomic E-state index is 10.9. The molecule has 0 spiro atoms. The molecule has 0 aliphatic rings. The van der Waals surface area contributed by atoms with Gasteiger partial charge in [-0.1, -0.05) is 6.92 Å². The Kier molecular flexibility index (Phi) is 6.61. The summed E-state index contributed by atoms with van der Waals surface area (Å²) < 4.78 is 24.6. The van der Waals surface area contributed by atoms with Crippen LogP contribution >= 0.6 is 7.82 Å². The van der Waals surface area contributed by atoms with Gasteiger partial charge >= 0.3 is 7.82 Å². The molecule has 0 rings (SSSR count). The Morgan fingerprint density at radius 1 is 1.25 bits per heavy atom. The molecule has 5 nitrogen and oxygen atoms in total. The van der Waals surface area contributed by atoms with Crippen molar-refractivity contribution in [1.29, 1.82) is 0 Å². The molecule has 0 radical (unpaired) electrons. The zero-order valence-electron chi connectivity index (χ0n) is 7.36. The van der Waals surface area contributed by atoms with E-state index in [1.807, 2.05) is 6.92 Å². The quantitative estimate of drug-likeness (QED) is 0.491. The monoisotopic (exact) mass is 198 g/mol. The largest absolute Gasteiger partial charge is 0.472 e. The standard InChI is InChI=1S/C6H15O5P/c1-3-4-10-12(7,8)11-6-5-9-2/h3-6H2,1-2H3,(H,7,8). The van der Waals surface area contributed by atoms with E-state index in [2.05, 4.69) is 13.8 Å². The highest BCUT2D eigenvalue weighted by molar-refractivity contribution is 7.47. The lowest BCUT2D eigenvalue weighted by Crippen LogP contribution is -2.02. The van der Waals surface area contributed by atoms with Crippen LogP contribution in [-0.2, 0) is 18.3 Å². The highest BCUT2D eigenvalue weighted by Crippen LogP contribution is 2.42. The number of hydrogen-bond acceptors (Lipinski definition) is 4. The van der Waals surface area contributed by atoms with Crippen LogP contribution in [0.25, 0.3) is 0 Å². The van der Waals surface area contributed by atoms with Crippen molar-refractivity contribution in [3.05, 3.63) is 0 Å². The summed E-state index contributed by atoms with van der Waals surface area (Å²) in [7, 11) is -2.33. The Balaban J connectivity index is 3.49. The van der Waals surface area contributed by atoms with Gasteiger partial charge in [0, 0.05) is 7.11 Å². The fraction of sp³-hybridized carbons (Fsp3) is 1.00. The lowest BCUT2D eigenvalue weighted by atomic mass is 10.5. The smallest absolute Gasteiger partial charge is 0.382 e. The molecule has 0 bridgehead atoms. The van der Waals surface area contributed by atoms with Gasteiger partial charge in [0.1, 0.15) is 0 Å². The zero-order valence-corrected chi connectivity index (χ0v) is 8.25. The van der Waals surface area contributed by atoms with Gasteiger partial charge in [-0.25, -0.2) is 4.57 Å². The van der Waals surface area contributed by atoms with Crippen LogP contribution in [-0.4, -0.2) is 31.8 Å². The van der Waals surface area contributed by atoms with E-state index in [-0.39, 0.29) is 19.8 Å². The Bertz CT molecular complexity index is 149. The Labute approximate surface area is 72.2 Å². The highest BCUT2D eigenvalue weighted by Gasteiger charge is 2.19. The molecule has 0 fully saturated rings. The van der Waals surface area contributed by atoms with Crippen LogP contribution in [0, 0.1) is 0 Å². The first-order chi connectivity index (χ1) is 5.62. The minimum Gasteiger partial charge on any atom is -0.382 e. The third kappa shape index (κ3) is 6.76. The molecule has 12 heavy (non-hydrogen) atoms. The lowest BCUT2D eigenvalue weighted by Gasteiger charge is -2.10. The van der Waals surface area contributed by atoms with Crippen LogP contribution in [0.5, 0.6) is 0 Å². The van der Waals surface area contributed by atoms with Gasteiger partial charge < -0.3 is 9.63 Å². The van der Waals surface area contributed by atoms with Crippen LogP contribution in [0.1, 0.15) is 13.3 Å². The minimum absolute atomic E-state index is 0.0635. The molecule has 0 saturated carbocycles. The first-order valence-electron chi connectivity index (χ1n) is 3.73. The van der Waals surface area contributed by atoms with Gasteiger partial charge in [-0.05, 0) is 6.42 Å². The van der Waals surface area contributed by atoms with Crippen LogP contribution in [0.3, 0.4) is 0 Å². The van der Waals surface area contributed by atoms with Crippen LogP contribution < -0.4 is 0 Å². The van der Waals surface area contributed by atoms with E-state index in [4.69, 9.17) is 4.89 Å². The summed E-state index contributed by atoms with van der Waals surface area (Å²) in [6, 6.07) is 0. The number of rotatable bonds is 7. The van der Waals surface area contributed by atoms with Crippen molar-refractivity contribution >= 4 is 7.82 Å². The van der Waals surface area contributed by atoms with E-state index in [1.54, 1.807) is 0 Å². The highest BCUT2D eigenvalue weighted by atomic mass is 31.2. The van der Waals surface area contributed by atoms with Crippen molar-refractivity contribution in [1.82, 2.24) is 0 Å². The number of phosphoric ester groups is 1. The fourth-order valence-electron chi connectivity index (χ4n) is 0.480. The van der Waals surface area contributed by atoms with Crippen molar-refractivity contribution in [2.75, 3.05) is 26.9 Å². The second-order valence-corrected chi connectivity index (χ2v) is 3.58. The molecule has 1 atom stereocenters. The molecule has 0 aliphatic carbocycles. The van der Waals surface area contributed by atoms with Gasteiger partial charge in [0.2, 0.25) is 0 Å². The number of methoxy groups -OCH3 is 1. The van der Waals surface area contributed by atoms with Gasteiger partial charge in [0.05, 0.1) is 19.8 Å². The van der Waals surface area contributed by atoms with E-state index in [0.29, 0.717) is 6.42 Å². The van der Waals surface area contributed by atoms with Crippen molar-refractivity contribution in [3.8, 4) is 0 Å². The Morgan fingerprint density at radius 2 is 1.83 bits per heavy atom. The first kappa shape index (κ1) is 12.1. The predicted octanol–water partition coefficient (Wildman–Crippen LogP) is 1.18. The van der Waals surface area contributed by atoms with Gasteiger partial charge in [0.25, 0.3) is 0 Å². The van der Waals surface area contributed by atoms with Crippen molar-refractivity contribution in [3.63, 3.8) is 0 Å². The van der Waals surface area contributed by atoms with E-state index in [1.165, 1.54) is 7.11 Å². The average molecular weight is 198 g/mol. The van der Waals surface area contributed by atoms with Crippen LogP contribution in [0.4, 0.5) is 0 Å². The van der Waals surface area contributed by atoms with Gasteiger partial charge in [-0.15, -0.1) is 0 Å². The van der Waals surface area contributed by atoms with Gasteiger partial charge in [-0.2, -0.15) is 0 Å². The summed E-state index contributed by atoms with van der Waals surface area (Å²) >= 11 is 0. The minimum atomic E-state index is -3.82. The summed E-state index contributed by atoms with van der Waals surface area (Å²) in [4.78, 5) is 8.93. The summed E-state index contributed by atoms with van der Waals surface area (Å²) in [5, 5.41) is 0. The molecule has 0 aromatic heterocycles. The molecule has 0 aromatic rings. The third-order valence-electron chi connectivity index (χ3n) is 1.00. The van der Waals surface area contributed by atoms with E-state index in [0.717, 1.165) is 0 Å². The van der Waals surface area contributed by atoms with E-state index in [9.17, 15) is 4.57 Å². The maximum absolute atomic E-state index is 10.9. The average Bonchev–Trinajstić information content (AvgIpc) is 2.01. The van der Waals surface area contributed by atoms with E-state index < -0.39 is 7.82 Å². The van der Waals surface area contributed by atoms with Gasteiger partial charge in [-0.3, -0.25) is 9.05 Å². The summed E-state index contributed by atoms with van der Waals surface area (Å²) in [5.74, 6) is 0. The summed E-state index contributed by atoms with van der Waals surface area (Å²) in [6.07, 6.45) is 0.679. The topological polar surface area (TPSA) is 65.0 Å². The Morgan fingerprint density at radius 3 is 2.33 bits per heavy atom. The number of phosphoric acid groups is 1. The van der Waals surface area contributed by atoms with E-state index >= 15 is 0 Å². The molecule has 0 aromatic carbocycles. The van der Waals surface area contributed by atoms with Crippen molar-refractivity contribution in [2.45, 2.75) is 13.3 Å². The molecular weight excluding hydrogens is 183 g/mol. The molecular formula is C6H15O5P. The maximum Gasteiger partial charge on any atom is 0.472 e. The second-order valence-electron chi connectivity index (χ2n) is 2.13. The summed E-state index contributed by atoms with van der Waals surface area (Å²) in [6.45, 7) is 2.41. The Hall–Kier alpha value is 0.0700. The second kappa shape index (κ2) is 6.57. The fourth-order valence-corrected chi connectivity index (χ4v) is 1.27. The zero-order chi connectivity index (χ0) is 9.45. The third-order valence-corrected chi connectivity index (χ3v) is 2.02. The molecule has 0 heterocycles. The number of ether oxygens (including phenoxy) is 1. The molecule has 0 saturated heterocycles. The first-order valence-corrected chi connectivity index (χ1v) is 5.22. The van der Waals surface area contributed by atoms with Crippen LogP contribution in [0.2, 0.25) is 0 Å². The summed E-state index contributed by atoms with van der Waals surface area (Å²) in [5.41, 5.74) is 0. The normalized spacial score (nSPS) is 15.9. The molecule has 0 amide bonds. The lowest BCUT2D eigenvalue weighted by molar-refractivity contribution is 0.103. The molecule has 1 unspecified atom stereocenters. The number of hydrogen-bond donors (Lipinski definition) is 1. The molecule has 1 N–H and O–H groups in total. The van der Waals surface area contributed by atoms with Crippen molar-refractivity contribution < 1.29 is 23.2 Å². The van der Waals surface area contributed by atoms with Crippen molar-refractivity contribution in [2.24, 2.45) is 0 Å². The van der Waals surface area contributed by atoms with Gasteiger partial charge in [0.15, 0.2) is 0 Å². The molecule has 6 heteroatoms. The predicted molar refractivity (Wildman–Crippen MR) is 43.9 cm³/mol. The molecule has 0 aliphatic heterocycles. The SMILES string of the molecule is CCCOP(=O)(O)OCCOC. The molecule has 74 valence electrons. The van der Waals surface area contributed by atoms with Crippen LogP contribution in [0.15, 0.2) is 0 Å².